The summed E-state index contributed by atoms with van der Waals surface area (Å²) < 4.78 is 0. The molecule has 0 spiro atoms. The number of aryl methyl sites for hydroxylation is 1. The lowest BCUT2D eigenvalue weighted by atomic mass is 10.2. The first-order valence-electron chi connectivity index (χ1n) is 4.46. The normalized spacial score (nSPS) is 9.69. The van der Waals surface area contributed by atoms with Gasteiger partial charge in [-0.3, -0.25) is 10.1 Å². The van der Waals surface area contributed by atoms with E-state index in [-0.39, 0.29) is 5.88 Å². The number of carbonyl (C=O) groups is 2. The zero-order valence-electron chi connectivity index (χ0n) is 8.51. The second-order valence-corrected chi connectivity index (χ2v) is 3.80. The van der Waals surface area contributed by atoms with E-state index >= 15 is 0 Å². The van der Waals surface area contributed by atoms with Crippen LogP contribution >= 0.6 is 23.2 Å². The first-order valence-corrected chi connectivity index (χ1v) is 5.37. The summed E-state index contributed by atoms with van der Waals surface area (Å²) in [5, 5.41) is 5.07. The van der Waals surface area contributed by atoms with Crippen LogP contribution in [0, 0.1) is 6.92 Å². The van der Waals surface area contributed by atoms with Crippen LogP contribution in [0.4, 0.5) is 10.5 Å². The number of rotatable bonds is 2. The number of alkyl halides is 1. The molecule has 6 heteroatoms. The van der Waals surface area contributed by atoms with E-state index in [4.69, 9.17) is 23.2 Å². The molecule has 4 nitrogen and oxygen atoms in total. The van der Waals surface area contributed by atoms with Gasteiger partial charge in [0.15, 0.2) is 0 Å². The lowest BCUT2D eigenvalue weighted by Gasteiger charge is -2.08. The number of anilines is 1. The number of carbonyl (C=O) groups excluding carboxylic acids is 2. The van der Waals surface area contributed by atoms with E-state index in [1.165, 1.54) is 0 Å². The van der Waals surface area contributed by atoms with Gasteiger partial charge in [0.05, 0.1) is 0 Å². The molecule has 1 rings (SSSR count). The molecule has 0 aliphatic heterocycles. The molecule has 86 valence electrons. The van der Waals surface area contributed by atoms with E-state index in [2.05, 4.69) is 10.6 Å². The second-order valence-electron chi connectivity index (χ2n) is 3.10. The molecule has 1 aromatic carbocycles. The minimum atomic E-state index is -0.629. The second kappa shape index (κ2) is 5.72. The van der Waals surface area contributed by atoms with Crippen molar-refractivity contribution in [2.75, 3.05) is 11.2 Å². The Bertz CT molecular complexity index is 421. The van der Waals surface area contributed by atoms with Gasteiger partial charge in [-0.1, -0.05) is 17.7 Å². The van der Waals surface area contributed by atoms with Gasteiger partial charge in [-0.2, -0.15) is 0 Å². The number of nitrogens with one attached hydrogen (secondary N) is 2. The Labute approximate surface area is 103 Å². The van der Waals surface area contributed by atoms with Gasteiger partial charge in [-0.15, -0.1) is 11.6 Å². The number of urea groups is 1. The monoisotopic (exact) mass is 260 g/mol. The molecule has 0 radical (unpaired) electrons. The molecule has 0 aliphatic carbocycles. The molecule has 3 amide bonds. The molecule has 2 N–H and O–H groups in total. The first-order chi connectivity index (χ1) is 7.52. The van der Waals surface area contributed by atoms with E-state index in [9.17, 15) is 9.59 Å². The molecule has 0 aliphatic rings. The van der Waals surface area contributed by atoms with Gasteiger partial charge in [-0.25, -0.2) is 4.79 Å². The Hall–Kier alpha value is -1.26. The average Bonchev–Trinajstić information content (AvgIpc) is 2.23. The van der Waals surface area contributed by atoms with E-state index in [0.717, 1.165) is 5.56 Å². The molecular formula is C10H10Cl2N2O2. The highest BCUT2D eigenvalue weighted by Crippen LogP contribution is 2.19. The maximum absolute atomic E-state index is 11.3. The van der Waals surface area contributed by atoms with Crippen LogP contribution in [0.3, 0.4) is 0 Å². The third-order valence-electron chi connectivity index (χ3n) is 1.82. The van der Waals surface area contributed by atoms with E-state index in [0.29, 0.717) is 10.7 Å². The van der Waals surface area contributed by atoms with Crippen molar-refractivity contribution >= 4 is 40.8 Å². The molecule has 16 heavy (non-hydrogen) atoms. The van der Waals surface area contributed by atoms with E-state index < -0.39 is 11.9 Å². The molecule has 0 heterocycles. The topological polar surface area (TPSA) is 58.2 Å². The summed E-state index contributed by atoms with van der Waals surface area (Å²) in [5.41, 5.74) is 1.39. The largest absolute Gasteiger partial charge is 0.325 e. The summed E-state index contributed by atoms with van der Waals surface area (Å²) in [6.45, 7) is 1.81. The van der Waals surface area contributed by atoms with Crippen LogP contribution in [-0.2, 0) is 4.79 Å². The van der Waals surface area contributed by atoms with Crippen molar-refractivity contribution in [3.05, 3.63) is 28.8 Å². The fourth-order valence-corrected chi connectivity index (χ4v) is 1.28. The Morgan fingerprint density at radius 1 is 1.38 bits per heavy atom. The van der Waals surface area contributed by atoms with Crippen LogP contribution in [0.15, 0.2) is 18.2 Å². The molecule has 0 atom stereocenters. The highest BCUT2D eigenvalue weighted by Gasteiger charge is 2.08. The molecule has 0 bridgehead atoms. The SMILES string of the molecule is Cc1ccc(Cl)cc1NC(=O)NC(=O)CCl. The Kier molecular flexibility index (Phi) is 4.58. The standard InChI is InChI=1S/C10H10Cl2N2O2/c1-6-2-3-7(12)4-8(6)13-10(16)14-9(15)5-11/h2-4H,5H2,1H3,(H2,13,14,15,16). The van der Waals surface area contributed by atoms with Gasteiger partial charge in [0.2, 0.25) is 5.91 Å². The molecule has 0 unspecified atom stereocenters. The summed E-state index contributed by atoms with van der Waals surface area (Å²) in [4.78, 5) is 22.1. The lowest BCUT2D eigenvalue weighted by molar-refractivity contribution is -0.117. The van der Waals surface area contributed by atoms with Gasteiger partial charge >= 0.3 is 6.03 Å². The number of amides is 3. The number of halogens is 2. The van der Waals surface area contributed by atoms with Crippen molar-refractivity contribution in [2.45, 2.75) is 6.92 Å². The van der Waals surface area contributed by atoms with Gasteiger partial charge in [0.1, 0.15) is 5.88 Å². The molecule has 0 aromatic heterocycles. The fourth-order valence-electron chi connectivity index (χ4n) is 1.04. The molecular weight excluding hydrogens is 251 g/mol. The van der Waals surface area contributed by atoms with Crippen LogP contribution in [0.1, 0.15) is 5.56 Å². The minimum Gasteiger partial charge on any atom is -0.307 e. The summed E-state index contributed by atoms with van der Waals surface area (Å²) in [6.07, 6.45) is 0. The van der Waals surface area contributed by atoms with Crippen molar-refractivity contribution in [3.8, 4) is 0 Å². The summed E-state index contributed by atoms with van der Waals surface area (Å²) in [7, 11) is 0. The third kappa shape index (κ3) is 3.72. The van der Waals surface area contributed by atoms with E-state index in [1.54, 1.807) is 18.2 Å². The zero-order chi connectivity index (χ0) is 12.1. The zero-order valence-corrected chi connectivity index (χ0v) is 10.0. The highest BCUT2D eigenvalue weighted by molar-refractivity contribution is 6.31. The van der Waals surface area contributed by atoms with Crippen molar-refractivity contribution < 1.29 is 9.59 Å². The predicted octanol–water partition coefficient (Wildman–Crippen LogP) is 2.54. The molecule has 1 aromatic rings. The van der Waals surface area contributed by atoms with Crippen molar-refractivity contribution in [1.29, 1.82) is 0 Å². The minimum absolute atomic E-state index is 0.262. The quantitative estimate of drug-likeness (QED) is 0.803. The third-order valence-corrected chi connectivity index (χ3v) is 2.30. The predicted molar refractivity (Wildman–Crippen MR) is 64.1 cm³/mol. The highest BCUT2D eigenvalue weighted by atomic mass is 35.5. The summed E-state index contributed by atoms with van der Waals surface area (Å²) in [5.74, 6) is -0.819. The summed E-state index contributed by atoms with van der Waals surface area (Å²) >= 11 is 11.0. The Morgan fingerprint density at radius 2 is 2.06 bits per heavy atom. The number of hydrogen-bond acceptors (Lipinski definition) is 2. The van der Waals surface area contributed by atoms with E-state index in [1.807, 2.05) is 6.92 Å². The van der Waals surface area contributed by atoms with Gasteiger partial charge < -0.3 is 5.32 Å². The van der Waals surface area contributed by atoms with Gasteiger partial charge in [-0.05, 0) is 24.6 Å². The molecule has 0 fully saturated rings. The van der Waals surface area contributed by atoms with Crippen molar-refractivity contribution in [1.82, 2.24) is 5.32 Å². The van der Waals surface area contributed by atoms with Crippen LogP contribution in [0.5, 0.6) is 0 Å². The first kappa shape index (κ1) is 12.8. The van der Waals surface area contributed by atoms with Crippen LogP contribution in [0.2, 0.25) is 5.02 Å². The summed E-state index contributed by atoms with van der Waals surface area (Å²) in [6, 6.07) is 4.45. The molecule has 0 saturated carbocycles. The average molecular weight is 261 g/mol. The van der Waals surface area contributed by atoms with Crippen LogP contribution in [0.25, 0.3) is 0 Å². The maximum Gasteiger partial charge on any atom is 0.325 e. The van der Waals surface area contributed by atoms with Crippen LogP contribution < -0.4 is 10.6 Å². The number of imide groups is 1. The Morgan fingerprint density at radius 3 is 2.69 bits per heavy atom. The molecule has 0 saturated heterocycles. The van der Waals surface area contributed by atoms with Crippen LogP contribution in [-0.4, -0.2) is 17.8 Å². The Balaban J connectivity index is 2.69. The van der Waals surface area contributed by atoms with Crippen molar-refractivity contribution in [3.63, 3.8) is 0 Å². The number of hydrogen-bond donors (Lipinski definition) is 2. The van der Waals surface area contributed by atoms with Crippen molar-refractivity contribution in [2.24, 2.45) is 0 Å². The van der Waals surface area contributed by atoms with Gasteiger partial charge in [0, 0.05) is 10.7 Å². The smallest absolute Gasteiger partial charge is 0.307 e. The maximum atomic E-state index is 11.3. The lowest BCUT2D eigenvalue weighted by Crippen LogP contribution is -2.35. The number of benzene rings is 1. The fraction of sp³-hybridized carbons (Fsp3) is 0.200. The van der Waals surface area contributed by atoms with Gasteiger partial charge in [0.25, 0.3) is 0 Å².